The number of imidazole rings is 1. The number of esters is 1. The van der Waals surface area contributed by atoms with E-state index in [-0.39, 0.29) is 49.4 Å². The SMILES string of the molecule is CCOC(=O)CC(C)n1c(Cl)nc2ccccc21.[H-].[Na+]. The molecule has 1 unspecified atom stereocenters. The van der Waals surface area contributed by atoms with Gasteiger partial charge in [0.2, 0.25) is 5.28 Å². The van der Waals surface area contributed by atoms with Crippen molar-refractivity contribution in [1.29, 1.82) is 0 Å². The van der Waals surface area contributed by atoms with E-state index in [4.69, 9.17) is 16.3 Å². The molecular weight excluding hydrogens is 275 g/mol. The van der Waals surface area contributed by atoms with Crippen molar-refractivity contribution in [2.24, 2.45) is 0 Å². The molecule has 1 aromatic carbocycles. The van der Waals surface area contributed by atoms with E-state index in [1.54, 1.807) is 6.92 Å². The Kier molecular flexibility index (Phi) is 6.33. The Morgan fingerprint density at radius 3 is 2.89 bits per heavy atom. The maximum absolute atomic E-state index is 11.5. The minimum absolute atomic E-state index is 0. The van der Waals surface area contributed by atoms with Gasteiger partial charge in [0.25, 0.3) is 0 Å². The van der Waals surface area contributed by atoms with E-state index < -0.39 is 0 Å². The normalized spacial score (nSPS) is 11.9. The standard InChI is InChI=1S/C13H15ClN2O2.Na.H/c1-3-18-12(17)8-9(2)16-11-7-5-4-6-10(11)15-13(16)14;;/h4-7,9H,3,8H2,1-2H3;;/q;+1;-1. The predicted octanol–water partition coefficient (Wildman–Crippen LogP) is 0.320. The van der Waals surface area contributed by atoms with Crippen molar-refractivity contribution in [2.75, 3.05) is 6.61 Å². The quantitative estimate of drug-likeness (QED) is 0.602. The topological polar surface area (TPSA) is 44.1 Å². The number of hydrogen-bond donors (Lipinski definition) is 0. The van der Waals surface area contributed by atoms with Gasteiger partial charge in [-0.3, -0.25) is 4.79 Å². The molecule has 0 aliphatic rings. The van der Waals surface area contributed by atoms with Crippen LogP contribution in [0.1, 0.15) is 27.7 Å². The summed E-state index contributed by atoms with van der Waals surface area (Å²) in [6.45, 7) is 4.11. The van der Waals surface area contributed by atoms with Crippen molar-refractivity contribution in [1.82, 2.24) is 9.55 Å². The van der Waals surface area contributed by atoms with Gasteiger partial charge in [0.1, 0.15) is 0 Å². The van der Waals surface area contributed by atoms with Gasteiger partial charge >= 0.3 is 35.5 Å². The molecule has 0 aliphatic heterocycles. The van der Waals surface area contributed by atoms with E-state index in [2.05, 4.69) is 4.98 Å². The molecule has 0 aliphatic carbocycles. The van der Waals surface area contributed by atoms with E-state index >= 15 is 0 Å². The molecule has 0 fully saturated rings. The van der Waals surface area contributed by atoms with Crippen LogP contribution in [0, 0.1) is 0 Å². The minimum Gasteiger partial charge on any atom is -1.00 e. The van der Waals surface area contributed by atoms with Gasteiger partial charge in [-0.2, -0.15) is 0 Å². The first-order valence-electron chi connectivity index (χ1n) is 5.91. The summed E-state index contributed by atoms with van der Waals surface area (Å²) in [7, 11) is 0. The Labute approximate surface area is 140 Å². The Balaban J connectivity index is 0.00000180. The van der Waals surface area contributed by atoms with Crippen LogP contribution in [0.3, 0.4) is 0 Å². The molecule has 19 heavy (non-hydrogen) atoms. The molecule has 98 valence electrons. The fraction of sp³-hybridized carbons (Fsp3) is 0.385. The summed E-state index contributed by atoms with van der Waals surface area (Å²) >= 11 is 6.12. The molecule has 4 nitrogen and oxygen atoms in total. The number of para-hydroxylation sites is 2. The molecule has 0 saturated heterocycles. The zero-order valence-corrected chi connectivity index (χ0v) is 14.1. The summed E-state index contributed by atoms with van der Waals surface area (Å²) in [4.78, 5) is 15.8. The van der Waals surface area contributed by atoms with Crippen LogP contribution in [0.2, 0.25) is 5.28 Å². The van der Waals surface area contributed by atoms with E-state index in [9.17, 15) is 4.79 Å². The molecule has 1 atom stereocenters. The van der Waals surface area contributed by atoms with Crippen LogP contribution in [0.15, 0.2) is 24.3 Å². The largest absolute Gasteiger partial charge is 1.00 e. The number of fused-ring (bicyclic) bond motifs is 1. The molecule has 2 rings (SSSR count). The molecule has 0 amide bonds. The van der Waals surface area contributed by atoms with Crippen LogP contribution in [-0.2, 0) is 9.53 Å². The van der Waals surface area contributed by atoms with Crippen LogP contribution in [-0.4, -0.2) is 22.1 Å². The first-order chi connectivity index (χ1) is 8.63. The van der Waals surface area contributed by atoms with E-state index in [0.29, 0.717) is 11.9 Å². The van der Waals surface area contributed by atoms with Gasteiger partial charge in [-0.05, 0) is 37.6 Å². The Morgan fingerprint density at radius 1 is 1.53 bits per heavy atom. The van der Waals surface area contributed by atoms with Gasteiger partial charge in [-0.25, -0.2) is 4.98 Å². The third-order valence-corrected chi connectivity index (χ3v) is 3.03. The first-order valence-corrected chi connectivity index (χ1v) is 6.29. The number of carbonyl (C=O) groups excluding carboxylic acids is 1. The van der Waals surface area contributed by atoms with Crippen molar-refractivity contribution in [3.8, 4) is 0 Å². The Bertz CT molecular complexity index is 576. The molecule has 0 saturated carbocycles. The second-order valence-electron chi connectivity index (χ2n) is 4.10. The average Bonchev–Trinajstić information content (AvgIpc) is 2.64. The number of nitrogens with zero attached hydrogens (tertiary/aromatic N) is 2. The maximum atomic E-state index is 11.5. The van der Waals surface area contributed by atoms with Crippen LogP contribution in [0.5, 0.6) is 0 Å². The van der Waals surface area contributed by atoms with Gasteiger partial charge in [-0.1, -0.05) is 12.1 Å². The Morgan fingerprint density at radius 2 is 2.21 bits per heavy atom. The summed E-state index contributed by atoms with van der Waals surface area (Å²) in [5.41, 5.74) is 1.76. The number of ether oxygens (including phenoxy) is 1. The molecule has 1 heterocycles. The molecule has 0 radical (unpaired) electrons. The number of carbonyl (C=O) groups is 1. The number of rotatable bonds is 4. The predicted molar refractivity (Wildman–Crippen MR) is 71.8 cm³/mol. The third kappa shape index (κ3) is 3.72. The van der Waals surface area contributed by atoms with E-state index in [1.165, 1.54) is 0 Å². The van der Waals surface area contributed by atoms with Crippen LogP contribution >= 0.6 is 11.6 Å². The van der Waals surface area contributed by atoms with Crippen LogP contribution < -0.4 is 29.6 Å². The second-order valence-corrected chi connectivity index (χ2v) is 4.44. The molecule has 0 bridgehead atoms. The fourth-order valence-electron chi connectivity index (χ4n) is 1.99. The second kappa shape index (κ2) is 7.29. The summed E-state index contributed by atoms with van der Waals surface area (Å²) in [5.74, 6) is -0.223. The van der Waals surface area contributed by atoms with Gasteiger partial charge in [0.15, 0.2) is 0 Å². The van der Waals surface area contributed by atoms with Crippen molar-refractivity contribution < 1.29 is 40.5 Å². The molecule has 6 heteroatoms. The smallest absolute Gasteiger partial charge is 1.00 e. The summed E-state index contributed by atoms with van der Waals surface area (Å²) in [6.07, 6.45) is 0.286. The van der Waals surface area contributed by atoms with Crippen LogP contribution in [0.4, 0.5) is 0 Å². The van der Waals surface area contributed by atoms with Crippen molar-refractivity contribution >= 4 is 28.6 Å². The minimum atomic E-state index is -0.223. The monoisotopic (exact) mass is 290 g/mol. The van der Waals surface area contributed by atoms with Gasteiger partial charge in [0.05, 0.1) is 24.1 Å². The van der Waals surface area contributed by atoms with Crippen molar-refractivity contribution in [3.63, 3.8) is 0 Å². The fourth-order valence-corrected chi connectivity index (χ4v) is 2.34. The van der Waals surface area contributed by atoms with E-state index in [1.807, 2.05) is 35.8 Å². The summed E-state index contributed by atoms with van der Waals surface area (Å²) in [6, 6.07) is 7.59. The third-order valence-electron chi connectivity index (χ3n) is 2.76. The summed E-state index contributed by atoms with van der Waals surface area (Å²) in [5, 5.41) is 0.396. The van der Waals surface area contributed by atoms with Gasteiger partial charge in [0, 0.05) is 6.04 Å². The number of benzene rings is 1. The molecule has 0 N–H and O–H groups in total. The maximum Gasteiger partial charge on any atom is 1.00 e. The van der Waals surface area contributed by atoms with Crippen molar-refractivity contribution in [2.45, 2.75) is 26.3 Å². The number of hydrogen-bond acceptors (Lipinski definition) is 3. The number of aromatic nitrogens is 2. The molecule has 2 aromatic rings. The first kappa shape index (κ1) is 16.5. The van der Waals surface area contributed by atoms with Crippen LogP contribution in [0.25, 0.3) is 11.0 Å². The van der Waals surface area contributed by atoms with Gasteiger partial charge in [-0.15, -0.1) is 0 Å². The molecular formula is C13H16ClN2NaO2. The number of halogens is 1. The summed E-state index contributed by atoms with van der Waals surface area (Å²) < 4.78 is 6.80. The van der Waals surface area contributed by atoms with E-state index in [0.717, 1.165) is 11.0 Å². The Hall–Kier alpha value is -0.550. The van der Waals surface area contributed by atoms with Gasteiger partial charge < -0.3 is 10.7 Å². The molecule has 1 aromatic heterocycles. The zero-order chi connectivity index (χ0) is 13.1. The molecule has 0 spiro atoms. The average molecular weight is 291 g/mol. The zero-order valence-electron chi connectivity index (χ0n) is 12.4. The van der Waals surface area contributed by atoms with Crippen molar-refractivity contribution in [3.05, 3.63) is 29.5 Å².